The Kier molecular flexibility index (Phi) is 15.9. The topological polar surface area (TPSA) is 234 Å². The van der Waals surface area contributed by atoms with E-state index in [-0.39, 0.29) is 109 Å². The van der Waals surface area contributed by atoms with E-state index in [2.05, 4.69) is 16.0 Å². The number of allylic oxidation sites excluding steroid dienone is 3. The summed E-state index contributed by atoms with van der Waals surface area (Å²) in [6.45, 7) is 3.46. The number of piperidine rings is 1. The maximum Gasteiger partial charge on any atom is 0.375 e. The molecular weight excluding hydrogens is 913 g/mol. The van der Waals surface area contributed by atoms with E-state index in [4.69, 9.17) is 23.7 Å². The van der Waals surface area contributed by atoms with Crippen molar-refractivity contribution >= 4 is 29.7 Å². The summed E-state index contributed by atoms with van der Waals surface area (Å²) in [6.07, 6.45) is 8.48. The predicted octanol–water partition coefficient (Wildman–Crippen LogP) is 2.55. The van der Waals surface area contributed by atoms with Gasteiger partial charge in [-0.05, 0) is 112 Å². The van der Waals surface area contributed by atoms with Gasteiger partial charge in [0.2, 0.25) is 5.76 Å². The zero-order valence-corrected chi connectivity index (χ0v) is 41.0. The lowest BCUT2D eigenvalue weighted by atomic mass is 9.57. The van der Waals surface area contributed by atoms with Gasteiger partial charge in [0.1, 0.15) is 34.7 Å². The first-order valence-electron chi connectivity index (χ1n) is 25.7. The summed E-state index contributed by atoms with van der Waals surface area (Å²) >= 11 is 0. The summed E-state index contributed by atoms with van der Waals surface area (Å²) in [7, 11) is 1.69. The number of aryl methyl sites for hydroxylation is 1. The average molecular weight is 983 g/mol. The lowest BCUT2D eigenvalue weighted by molar-refractivity contribution is -0.158. The zero-order chi connectivity index (χ0) is 50.0. The molecule has 384 valence electrons. The van der Waals surface area contributed by atoms with Gasteiger partial charge in [0, 0.05) is 93.8 Å². The molecule has 16 nitrogen and oxygen atoms in total. The molecule has 0 amide bonds. The minimum Gasteiger partial charge on any atom is -0.492 e. The predicted molar refractivity (Wildman–Crippen MR) is 260 cm³/mol. The largest absolute Gasteiger partial charge is 0.492 e. The number of ether oxygens (including phenoxy) is 5. The van der Waals surface area contributed by atoms with Crippen molar-refractivity contribution in [3.8, 4) is 17.2 Å². The average Bonchev–Trinajstić information content (AvgIpc) is 4.05. The van der Waals surface area contributed by atoms with E-state index in [0.29, 0.717) is 82.1 Å². The number of methoxy groups -OCH3 is 1. The number of aldehydes is 1. The summed E-state index contributed by atoms with van der Waals surface area (Å²) < 4.78 is 31.5. The van der Waals surface area contributed by atoms with E-state index in [1.807, 2.05) is 18.2 Å². The number of carbonyl (C=O) groups is 3. The van der Waals surface area contributed by atoms with Crippen LogP contribution in [0.4, 0.5) is 0 Å². The first-order chi connectivity index (χ1) is 34.6. The monoisotopic (exact) mass is 982 g/mol. The number of esters is 1. The maximum atomic E-state index is 14.6. The van der Waals surface area contributed by atoms with E-state index >= 15 is 0 Å². The highest BCUT2D eigenvalue weighted by Crippen LogP contribution is 2.59. The van der Waals surface area contributed by atoms with Crippen molar-refractivity contribution in [2.24, 2.45) is 34.6 Å². The highest BCUT2D eigenvalue weighted by atomic mass is 16.6. The van der Waals surface area contributed by atoms with Crippen LogP contribution in [-0.2, 0) is 43.3 Å². The number of nitrogens with zero attached hydrogens (tertiary/aromatic N) is 2. The second-order valence-electron chi connectivity index (χ2n) is 20.3. The van der Waals surface area contributed by atoms with Crippen molar-refractivity contribution in [1.29, 1.82) is 0 Å². The molecule has 2 aromatic rings. The number of hydrogen-bond acceptors (Lipinski definition) is 16. The highest BCUT2D eigenvalue weighted by Gasteiger charge is 2.59. The van der Waals surface area contributed by atoms with E-state index < -0.39 is 60.3 Å². The van der Waals surface area contributed by atoms with Crippen LogP contribution in [0.1, 0.15) is 98.4 Å². The van der Waals surface area contributed by atoms with Gasteiger partial charge in [0.15, 0.2) is 6.29 Å². The molecule has 2 aliphatic carbocycles. The lowest BCUT2D eigenvalue weighted by Gasteiger charge is -2.54. The van der Waals surface area contributed by atoms with E-state index in [9.17, 15) is 45.0 Å². The third-order valence-electron chi connectivity index (χ3n) is 16.3. The maximum absolute atomic E-state index is 14.6. The minimum atomic E-state index is -1.53. The molecule has 5 aliphatic heterocycles. The number of rotatable bonds is 17. The molecule has 0 aromatic heterocycles. The Hall–Kier alpha value is -4.78. The van der Waals surface area contributed by atoms with Gasteiger partial charge < -0.3 is 59.2 Å². The number of likely N-dealkylation sites (tertiary alicyclic amines) is 1. The molecule has 2 fully saturated rings. The zero-order valence-electron chi connectivity index (χ0n) is 41.0. The molecule has 0 spiro atoms. The Morgan fingerprint density at radius 3 is 2.58 bits per heavy atom. The number of aliphatic hydroxyl groups is 6. The number of hydrogen-bond donors (Lipinski definition) is 6. The van der Waals surface area contributed by atoms with Crippen molar-refractivity contribution in [3.05, 3.63) is 79.1 Å². The molecule has 8 atom stereocenters. The third kappa shape index (κ3) is 9.43. The van der Waals surface area contributed by atoms with Gasteiger partial charge in [-0.1, -0.05) is 23.3 Å². The number of ketones is 1. The quantitative estimate of drug-likeness (QED) is 0.0579. The van der Waals surface area contributed by atoms with E-state index in [0.717, 1.165) is 46.8 Å². The molecule has 9 rings (SSSR count). The SMILES string of the molecule is CCOC(=O)C1=C(C=O)/C2=C3\C[C@H](CO)C(=O)[C@H](C3)c3cc4c(cc3CC[C@@H](CO)COc3c5c(c(CO)c(c32)O1)O[C@H]([C@@]1(O)[C@H](CCCO)C(CCCO)=C[C@@H]2CN(CCCOC)CC[C@H]21)C5)=NCC=4. The number of benzene rings is 2. The highest BCUT2D eigenvalue weighted by molar-refractivity contribution is 6.11. The molecule has 0 unspecified atom stereocenters. The first kappa shape index (κ1) is 51.1. The fourth-order valence-electron chi connectivity index (χ4n) is 13.0. The summed E-state index contributed by atoms with van der Waals surface area (Å²) in [4.78, 5) is 49.4. The van der Waals surface area contributed by atoms with Crippen LogP contribution in [0.25, 0.3) is 11.6 Å². The molecule has 71 heavy (non-hydrogen) atoms. The molecular formula is C55H70N2O14. The van der Waals surface area contributed by atoms with Crippen molar-refractivity contribution < 1.29 is 68.7 Å². The van der Waals surface area contributed by atoms with Crippen molar-refractivity contribution in [2.45, 2.75) is 102 Å². The summed E-state index contributed by atoms with van der Waals surface area (Å²) in [6, 6.07) is 4.00. The molecule has 7 aliphatic rings. The molecule has 16 heteroatoms. The first-order valence-corrected chi connectivity index (χ1v) is 25.7. The number of Topliss-reactive ketones (excluding diaryl/α,β-unsaturated/α-hetero) is 1. The number of aliphatic hydroxyl groups excluding tert-OH is 5. The van der Waals surface area contributed by atoms with Crippen LogP contribution in [-0.4, -0.2) is 145 Å². The standard InChI is InChI=1S/C55H70N2O14/c1-3-68-54(65)53-41(28-62)47-35-20-37(27-61)49(64)39(22-35)38-21-34-11-13-56-45(34)23-32(38)10-9-31(26-60)30-69-51-40-24-46(70-50(40)42(29-63)52(71-53)48(47)51)55(66)43(8-5-17-59)33(7-4-16-58)19-36-25-57(14-6-18-67-2)15-12-44(36)55/h11,19,21,23,28,31,36-37,39,43-44,46,58-61,63,66H,3-10,12-18,20,22,24-27,29-30H2,1-2H3/b47-35-/t31-,36+,37+,39+,43+,44+,46-,55+/m0/s1. The van der Waals surface area contributed by atoms with E-state index in [1.54, 1.807) is 14.0 Å². The molecule has 5 heterocycles. The van der Waals surface area contributed by atoms with Crippen LogP contribution in [0.2, 0.25) is 0 Å². The normalized spacial score (nSPS) is 28.9. The fraction of sp³-hybridized carbons (Fsp3) is 0.600. The van der Waals surface area contributed by atoms with Crippen LogP contribution in [0.3, 0.4) is 0 Å². The molecule has 1 saturated heterocycles. The van der Waals surface area contributed by atoms with Gasteiger partial charge in [0.05, 0.1) is 55.0 Å². The van der Waals surface area contributed by atoms with Gasteiger partial charge in [-0.25, -0.2) is 4.79 Å². The molecule has 1 saturated carbocycles. The second-order valence-corrected chi connectivity index (χ2v) is 20.3. The molecule has 2 bridgehead atoms. The Morgan fingerprint density at radius 2 is 1.85 bits per heavy atom. The summed E-state index contributed by atoms with van der Waals surface area (Å²) in [5.74, 6) is -3.94. The van der Waals surface area contributed by atoms with Gasteiger partial charge in [0.25, 0.3) is 0 Å². The van der Waals surface area contributed by atoms with Gasteiger partial charge >= 0.3 is 5.97 Å². The summed E-state index contributed by atoms with van der Waals surface area (Å²) in [5.41, 5.74) is 2.78. The van der Waals surface area contributed by atoms with Crippen molar-refractivity contribution in [1.82, 2.24) is 4.90 Å². The smallest absolute Gasteiger partial charge is 0.375 e. The van der Waals surface area contributed by atoms with Crippen LogP contribution >= 0.6 is 0 Å². The van der Waals surface area contributed by atoms with E-state index in [1.165, 1.54) is 0 Å². The molecule has 2 aromatic carbocycles. The Morgan fingerprint density at radius 1 is 1.01 bits per heavy atom. The second kappa shape index (κ2) is 22.1. The molecule has 6 N–H and O–H groups in total. The van der Waals surface area contributed by atoms with Crippen LogP contribution in [0.5, 0.6) is 17.2 Å². The fourth-order valence-corrected chi connectivity index (χ4v) is 13.0. The van der Waals surface area contributed by atoms with Gasteiger partial charge in [-0.2, -0.15) is 0 Å². The van der Waals surface area contributed by atoms with Crippen LogP contribution in [0, 0.1) is 29.6 Å². The van der Waals surface area contributed by atoms with Crippen molar-refractivity contribution in [3.63, 3.8) is 0 Å². The molecule has 0 radical (unpaired) electrons. The minimum absolute atomic E-state index is 0.00450. The Bertz CT molecular complexity index is 2600. The van der Waals surface area contributed by atoms with Crippen LogP contribution < -0.4 is 24.8 Å². The summed E-state index contributed by atoms with van der Waals surface area (Å²) in [5, 5.41) is 69.5. The van der Waals surface area contributed by atoms with Gasteiger partial charge in [-0.3, -0.25) is 14.6 Å². The van der Waals surface area contributed by atoms with Crippen molar-refractivity contribution in [2.75, 3.05) is 79.5 Å². The third-order valence-corrected chi connectivity index (χ3v) is 16.3. The Labute approximate surface area is 414 Å². The Balaban J connectivity index is 1.26. The lowest BCUT2D eigenvalue weighted by Crippen LogP contribution is -2.63. The number of carbonyl (C=O) groups excluding carboxylic acids is 3. The van der Waals surface area contributed by atoms with Gasteiger partial charge in [-0.15, -0.1) is 0 Å². The van der Waals surface area contributed by atoms with Crippen LogP contribution in [0.15, 0.2) is 45.7 Å². The number of fused-ring (bicyclic) bond motifs is 8.